The second-order valence-corrected chi connectivity index (χ2v) is 6.31. The minimum atomic E-state index is -0.265. The van der Waals surface area contributed by atoms with E-state index in [0.29, 0.717) is 17.3 Å². The molecule has 2 heterocycles. The second-order valence-electron chi connectivity index (χ2n) is 6.31. The fourth-order valence-corrected chi connectivity index (χ4v) is 3.46. The molecule has 1 amide bonds. The molecule has 1 aliphatic carbocycles. The van der Waals surface area contributed by atoms with Gasteiger partial charge in [0.1, 0.15) is 17.3 Å². The summed E-state index contributed by atoms with van der Waals surface area (Å²) < 4.78 is 6.98. The van der Waals surface area contributed by atoms with Gasteiger partial charge in [-0.3, -0.25) is 4.79 Å². The summed E-state index contributed by atoms with van der Waals surface area (Å²) in [6, 6.07) is 13.8. The van der Waals surface area contributed by atoms with Gasteiger partial charge in [0.15, 0.2) is 0 Å². The quantitative estimate of drug-likeness (QED) is 0.784. The fourth-order valence-electron chi connectivity index (χ4n) is 3.46. The Hall–Kier alpha value is -3.15. The highest BCUT2D eigenvalue weighted by Gasteiger charge is 2.24. The van der Waals surface area contributed by atoms with Crippen molar-refractivity contribution in [3.63, 3.8) is 0 Å². The smallest absolute Gasteiger partial charge is 0.275 e. The number of nitrogens with one attached hydrogen (secondary N) is 1. The van der Waals surface area contributed by atoms with E-state index in [0.717, 1.165) is 19.3 Å². The maximum atomic E-state index is 12.5. The summed E-state index contributed by atoms with van der Waals surface area (Å²) in [5.41, 5.74) is 2.97. The maximum absolute atomic E-state index is 12.5. The Kier molecular flexibility index (Phi) is 4.39. The molecule has 6 heteroatoms. The number of carbonyl (C=O) groups excluding carboxylic acids is 1. The highest BCUT2D eigenvalue weighted by molar-refractivity contribution is 6.02. The number of fused-ring (bicyclic) bond motifs is 1. The molecule has 4 rings (SSSR count). The number of aromatic nitrogens is 3. The topological polar surface area (TPSA) is 69.0 Å². The van der Waals surface area contributed by atoms with Gasteiger partial charge in [-0.2, -0.15) is 5.10 Å². The van der Waals surface area contributed by atoms with Crippen LogP contribution in [0.1, 0.15) is 40.5 Å². The van der Waals surface area contributed by atoms with Gasteiger partial charge in [-0.1, -0.05) is 24.3 Å². The SMILES string of the molecule is COc1ccc(C(=O)Nc2ccnn2C2CCCc3ccccc32)nc1. The second kappa shape index (κ2) is 7.00. The highest BCUT2D eigenvalue weighted by atomic mass is 16.5. The van der Waals surface area contributed by atoms with Crippen LogP contribution in [0.2, 0.25) is 0 Å². The molecule has 0 fully saturated rings. The van der Waals surface area contributed by atoms with E-state index in [1.807, 2.05) is 10.7 Å². The maximum Gasteiger partial charge on any atom is 0.275 e. The first-order chi connectivity index (χ1) is 12.8. The number of hydrogen-bond donors (Lipinski definition) is 1. The highest BCUT2D eigenvalue weighted by Crippen LogP contribution is 2.34. The van der Waals surface area contributed by atoms with Gasteiger partial charge in [0.25, 0.3) is 5.91 Å². The molecule has 3 aromatic rings. The molecular weight excluding hydrogens is 328 g/mol. The van der Waals surface area contributed by atoms with Crippen LogP contribution in [0.4, 0.5) is 5.82 Å². The average Bonchev–Trinajstić information content (AvgIpc) is 3.15. The van der Waals surface area contributed by atoms with Crippen LogP contribution in [0.15, 0.2) is 54.9 Å². The van der Waals surface area contributed by atoms with E-state index < -0.39 is 0 Å². The van der Waals surface area contributed by atoms with Gasteiger partial charge in [0, 0.05) is 6.07 Å². The zero-order valence-electron chi connectivity index (χ0n) is 14.6. The van der Waals surface area contributed by atoms with Crippen LogP contribution in [0.25, 0.3) is 0 Å². The van der Waals surface area contributed by atoms with E-state index in [-0.39, 0.29) is 11.9 Å². The number of benzene rings is 1. The van der Waals surface area contributed by atoms with E-state index in [1.54, 1.807) is 25.4 Å². The van der Waals surface area contributed by atoms with Crippen LogP contribution in [-0.4, -0.2) is 27.8 Å². The number of rotatable bonds is 4. The molecule has 1 unspecified atom stereocenters. The Bertz CT molecular complexity index is 918. The summed E-state index contributed by atoms with van der Waals surface area (Å²) in [7, 11) is 1.57. The van der Waals surface area contributed by atoms with Crippen molar-refractivity contribution >= 4 is 11.7 Å². The monoisotopic (exact) mass is 348 g/mol. The van der Waals surface area contributed by atoms with Crippen molar-refractivity contribution in [2.45, 2.75) is 25.3 Å². The lowest BCUT2D eigenvalue weighted by molar-refractivity contribution is 0.102. The minimum Gasteiger partial charge on any atom is -0.495 e. The van der Waals surface area contributed by atoms with Gasteiger partial charge >= 0.3 is 0 Å². The Balaban J connectivity index is 1.59. The first-order valence-corrected chi connectivity index (χ1v) is 8.69. The van der Waals surface area contributed by atoms with E-state index in [1.165, 1.54) is 17.3 Å². The molecule has 1 N–H and O–H groups in total. The van der Waals surface area contributed by atoms with Gasteiger partial charge in [-0.15, -0.1) is 0 Å². The molecule has 0 saturated heterocycles. The van der Waals surface area contributed by atoms with Crippen LogP contribution in [-0.2, 0) is 6.42 Å². The van der Waals surface area contributed by atoms with Crippen LogP contribution in [0.3, 0.4) is 0 Å². The number of amides is 1. The molecular formula is C20H20N4O2. The zero-order valence-corrected chi connectivity index (χ0v) is 14.6. The molecule has 0 radical (unpaired) electrons. The fraction of sp³-hybridized carbons (Fsp3) is 0.250. The lowest BCUT2D eigenvalue weighted by Crippen LogP contribution is -2.22. The third-order valence-electron chi connectivity index (χ3n) is 4.75. The van der Waals surface area contributed by atoms with Gasteiger partial charge < -0.3 is 10.1 Å². The molecule has 0 saturated carbocycles. The molecule has 1 aromatic carbocycles. The van der Waals surface area contributed by atoms with Gasteiger partial charge in [0.05, 0.1) is 25.5 Å². The summed E-state index contributed by atoms with van der Waals surface area (Å²) in [5.74, 6) is 1.03. The van der Waals surface area contributed by atoms with Gasteiger partial charge in [-0.25, -0.2) is 9.67 Å². The molecule has 1 atom stereocenters. The predicted octanol–water partition coefficient (Wildman–Crippen LogP) is 3.46. The third-order valence-corrected chi connectivity index (χ3v) is 4.75. The molecule has 132 valence electrons. The lowest BCUT2D eigenvalue weighted by Gasteiger charge is -2.27. The molecule has 1 aliphatic rings. The summed E-state index contributed by atoms with van der Waals surface area (Å²) in [6.45, 7) is 0. The molecule has 0 bridgehead atoms. The number of hydrogen-bond acceptors (Lipinski definition) is 4. The van der Waals surface area contributed by atoms with Crippen molar-refractivity contribution in [1.82, 2.24) is 14.8 Å². The number of nitrogens with zero attached hydrogens (tertiary/aromatic N) is 3. The Morgan fingerprint density at radius 2 is 2.12 bits per heavy atom. The number of carbonyl (C=O) groups is 1. The largest absolute Gasteiger partial charge is 0.495 e. The number of aryl methyl sites for hydroxylation is 1. The average molecular weight is 348 g/mol. The lowest BCUT2D eigenvalue weighted by atomic mass is 9.88. The van der Waals surface area contributed by atoms with E-state index in [4.69, 9.17) is 4.74 Å². The van der Waals surface area contributed by atoms with Crippen LogP contribution in [0.5, 0.6) is 5.75 Å². The predicted molar refractivity (Wildman–Crippen MR) is 98.5 cm³/mol. The zero-order chi connectivity index (χ0) is 17.9. The van der Waals surface area contributed by atoms with Crippen molar-refractivity contribution in [2.75, 3.05) is 12.4 Å². The Morgan fingerprint density at radius 1 is 1.23 bits per heavy atom. The van der Waals surface area contributed by atoms with E-state index >= 15 is 0 Å². The number of methoxy groups -OCH3 is 1. The Labute approximate surface area is 151 Å². The summed E-state index contributed by atoms with van der Waals surface area (Å²) in [4.78, 5) is 16.7. The normalized spacial score (nSPS) is 16.0. The van der Waals surface area contributed by atoms with E-state index in [2.05, 4.69) is 39.7 Å². The molecule has 26 heavy (non-hydrogen) atoms. The molecule has 0 aliphatic heterocycles. The number of anilines is 1. The molecule has 2 aromatic heterocycles. The number of ether oxygens (including phenoxy) is 1. The minimum absolute atomic E-state index is 0.133. The summed E-state index contributed by atoms with van der Waals surface area (Å²) >= 11 is 0. The van der Waals surface area contributed by atoms with Gasteiger partial charge in [0.2, 0.25) is 0 Å². The first kappa shape index (κ1) is 16.3. The standard InChI is InChI=1S/C20H20N4O2/c1-26-15-9-10-17(21-13-15)20(25)23-19-11-12-22-24(19)18-8-4-6-14-5-2-3-7-16(14)18/h2-3,5,7,9-13,18H,4,6,8H2,1H3,(H,23,25). The van der Waals surface area contributed by atoms with Crippen molar-refractivity contribution in [3.05, 3.63) is 71.7 Å². The van der Waals surface area contributed by atoms with E-state index in [9.17, 15) is 4.79 Å². The molecule has 6 nitrogen and oxygen atoms in total. The molecule has 0 spiro atoms. The van der Waals surface area contributed by atoms with Crippen LogP contribution in [0, 0.1) is 0 Å². The van der Waals surface area contributed by atoms with Crippen LogP contribution >= 0.6 is 0 Å². The Morgan fingerprint density at radius 3 is 2.92 bits per heavy atom. The van der Waals surface area contributed by atoms with Crippen molar-refractivity contribution < 1.29 is 9.53 Å². The van der Waals surface area contributed by atoms with Crippen molar-refractivity contribution in [1.29, 1.82) is 0 Å². The van der Waals surface area contributed by atoms with Crippen LogP contribution < -0.4 is 10.1 Å². The first-order valence-electron chi connectivity index (χ1n) is 8.69. The third kappa shape index (κ3) is 3.06. The van der Waals surface area contributed by atoms with Crippen molar-refractivity contribution in [2.24, 2.45) is 0 Å². The van der Waals surface area contributed by atoms with Crippen molar-refractivity contribution in [3.8, 4) is 5.75 Å². The number of pyridine rings is 1. The summed E-state index contributed by atoms with van der Waals surface area (Å²) in [5, 5.41) is 7.41. The van der Waals surface area contributed by atoms with Gasteiger partial charge in [-0.05, 0) is 42.5 Å². The summed E-state index contributed by atoms with van der Waals surface area (Å²) in [6.07, 6.45) is 6.45.